The van der Waals surface area contributed by atoms with Crippen molar-refractivity contribution in [3.63, 3.8) is 0 Å². The van der Waals surface area contributed by atoms with Gasteiger partial charge in [-0.05, 0) is 24.3 Å². The SMILES string of the molecule is O=C(c1ccco1)C(O)(Cn1cncn1)c1ccco1. The van der Waals surface area contributed by atoms with E-state index in [1.165, 1.54) is 42.0 Å². The van der Waals surface area contributed by atoms with Gasteiger partial charge in [-0.2, -0.15) is 5.10 Å². The van der Waals surface area contributed by atoms with E-state index in [0.29, 0.717) is 0 Å². The smallest absolute Gasteiger partial charge is 0.239 e. The van der Waals surface area contributed by atoms with E-state index in [4.69, 9.17) is 8.83 Å². The van der Waals surface area contributed by atoms with Crippen molar-refractivity contribution in [3.05, 3.63) is 61.0 Å². The molecule has 102 valence electrons. The molecule has 3 aromatic heterocycles. The summed E-state index contributed by atoms with van der Waals surface area (Å²) in [6, 6.07) is 6.18. The Kier molecular flexibility index (Phi) is 2.96. The Morgan fingerprint density at radius 1 is 1.30 bits per heavy atom. The first-order valence-corrected chi connectivity index (χ1v) is 5.87. The molecule has 7 nitrogen and oxygen atoms in total. The number of aliphatic hydroxyl groups is 1. The van der Waals surface area contributed by atoms with E-state index in [9.17, 15) is 9.90 Å². The van der Waals surface area contributed by atoms with Crippen LogP contribution in [0.25, 0.3) is 0 Å². The molecule has 20 heavy (non-hydrogen) atoms. The Balaban J connectivity index is 2.01. The molecule has 0 saturated heterocycles. The van der Waals surface area contributed by atoms with E-state index >= 15 is 0 Å². The number of carbonyl (C=O) groups is 1. The first-order chi connectivity index (χ1) is 9.70. The van der Waals surface area contributed by atoms with Crippen LogP contribution in [-0.4, -0.2) is 25.7 Å². The molecule has 0 bridgehead atoms. The summed E-state index contributed by atoms with van der Waals surface area (Å²) in [6.45, 7) is -0.125. The molecule has 0 fully saturated rings. The molecule has 0 saturated carbocycles. The molecular weight excluding hydrogens is 262 g/mol. The van der Waals surface area contributed by atoms with Gasteiger partial charge in [0.2, 0.25) is 11.4 Å². The molecule has 1 atom stereocenters. The molecule has 0 aromatic carbocycles. The van der Waals surface area contributed by atoms with Crippen LogP contribution in [0.4, 0.5) is 0 Å². The average molecular weight is 273 g/mol. The monoisotopic (exact) mass is 273 g/mol. The van der Waals surface area contributed by atoms with E-state index in [1.54, 1.807) is 12.1 Å². The fourth-order valence-corrected chi connectivity index (χ4v) is 1.94. The zero-order chi connectivity index (χ0) is 14.0. The van der Waals surface area contributed by atoms with Crippen molar-refractivity contribution in [3.8, 4) is 0 Å². The third kappa shape index (κ3) is 2.04. The second-order valence-corrected chi connectivity index (χ2v) is 4.24. The second kappa shape index (κ2) is 4.78. The van der Waals surface area contributed by atoms with Gasteiger partial charge in [-0.15, -0.1) is 0 Å². The lowest BCUT2D eigenvalue weighted by molar-refractivity contribution is 0.00347. The van der Waals surface area contributed by atoms with Crippen molar-refractivity contribution in [1.29, 1.82) is 0 Å². The molecule has 7 heteroatoms. The van der Waals surface area contributed by atoms with Crippen LogP contribution < -0.4 is 0 Å². The molecule has 1 N–H and O–H groups in total. The van der Waals surface area contributed by atoms with Crippen molar-refractivity contribution in [1.82, 2.24) is 14.8 Å². The predicted molar refractivity (Wildman–Crippen MR) is 65.7 cm³/mol. The fourth-order valence-electron chi connectivity index (χ4n) is 1.94. The van der Waals surface area contributed by atoms with Gasteiger partial charge in [0.25, 0.3) is 0 Å². The van der Waals surface area contributed by atoms with Crippen molar-refractivity contribution in [2.75, 3.05) is 0 Å². The number of nitrogens with zero attached hydrogens (tertiary/aromatic N) is 3. The topological polar surface area (TPSA) is 94.3 Å². The average Bonchev–Trinajstić information content (AvgIpc) is 3.19. The zero-order valence-corrected chi connectivity index (χ0v) is 10.3. The Bertz CT molecular complexity index is 673. The van der Waals surface area contributed by atoms with Crippen LogP contribution in [0.3, 0.4) is 0 Å². The Labute approximate surface area is 113 Å². The highest BCUT2D eigenvalue weighted by Gasteiger charge is 2.43. The van der Waals surface area contributed by atoms with E-state index < -0.39 is 11.4 Å². The maximum Gasteiger partial charge on any atom is 0.239 e. The summed E-state index contributed by atoms with van der Waals surface area (Å²) in [7, 11) is 0. The van der Waals surface area contributed by atoms with Crippen LogP contribution in [0, 0.1) is 0 Å². The lowest BCUT2D eigenvalue weighted by Gasteiger charge is -2.23. The highest BCUT2D eigenvalue weighted by atomic mass is 16.4. The first-order valence-electron chi connectivity index (χ1n) is 5.87. The summed E-state index contributed by atoms with van der Waals surface area (Å²) in [4.78, 5) is 16.3. The van der Waals surface area contributed by atoms with E-state index in [0.717, 1.165) is 0 Å². The van der Waals surface area contributed by atoms with Crippen LogP contribution >= 0.6 is 0 Å². The van der Waals surface area contributed by atoms with Crippen LogP contribution in [0.2, 0.25) is 0 Å². The minimum absolute atomic E-state index is 0.0454. The number of furan rings is 2. The lowest BCUT2D eigenvalue weighted by atomic mass is 9.93. The number of carbonyl (C=O) groups excluding carboxylic acids is 1. The maximum atomic E-state index is 12.5. The largest absolute Gasteiger partial charge is 0.466 e. The summed E-state index contributed by atoms with van der Waals surface area (Å²) < 4.78 is 11.6. The zero-order valence-electron chi connectivity index (χ0n) is 10.3. The minimum atomic E-state index is -1.91. The van der Waals surface area contributed by atoms with E-state index in [2.05, 4.69) is 10.1 Å². The summed E-state index contributed by atoms with van der Waals surface area (Å²) >= 11 is 0. The van der Waals surface area contributed by atoms with Gasteiger partial charge in [-0.3, -0.25) is 4.79 Å². The summed E-state index contributed by atoms with van der Waals surface area (Å²) in [5.74, 6) is -0.439. The molecule has 3 heterocycles. The molecule has 1 unspecified atom stereocenters. The molecule has 0 radical (unpaired) electrons. The maximum absolute atomic E-state index is 12.5. The van der Waals surface area contributed by atoms with Gasteiger partial charge in [-0.25, -0.2) is 9.67 Å². The van der Waals surface area contributed by atoms with Crippen LogP contribution in [0.1, 0.15) is 16.3 Å². The second-order valence-electron chi connectivity index (χ2n) is 4.24. The molecule has 0 aliphatic rings. The van der Waals surface area contributed by atoms with Crippen LogP contribution in [0.15, 0.2) is 58.3 Å². The third-order valence-corrected chi connectivity index (χ3v) is 2.91. The highest BCUT2D eigenvalue weighted by molar-refractivity contribution is 6.00. The molecule has 3 rings (SSSR count). The van der Waals surface area contributed by atoms with Gasteiger partial charge < -0.3 is 13.9 Å². The van der Waals surface area contributed by atoms with Crippen molar-refractivity contribution in [2.24, 2.45) is 0 Å². The standard InChI is InChI=1S/C13H11N3O4/c17-12(10-3-1-5-19-10)13(18,11-4-2-6-20-11)7-16-9-14-8-15-16/h1-6,8-9,18H,7H2. The van der Waals surface area contributed by atoms with E-state index in [-0.39, 0.29) is 18.1 Å². The van der Waals surface area contributed by atoms with Crippen molar-refractivity contribution >= 4 is 5.78 Å². The summed E-state index contributed by atoms with van der Waals surface area (Å²) in [5, 5.41) is 14.7. The van der Waals surface area contributed by atoms with Gasteiger partial charge in [0.15, 0.2) is 5.76 Å². The van der Waals surface area contributed by atoms with Crippen LogP contribution in [0.5, 0.6) is 0 Å². The first kappa shape index (κ1) is 12.4. The number of hydrogen-bond acceptors (Lipinski definition) is 6. The normalized spacial score (nSPS) is 14.1. The molecule has 0 spiro atoms. The number of ketones is 1. The quantitative estimate of drug-likeness (QED) is 0.703. The summed E-state index contributed by atoms with van der Waals surface area (Å²) in [5.41, 5.74) is -1.91. The number of aromatic nitrogens is 3. The number of hydrogen-bond donors (Lipinski definition) is 1. The molecule has 3 aromatic rings. The molecular formula is C13H11N3O4. The van der Waals surface area contributed by atoms with E-state index in [1.807, 2.05) is 0 Å². The van der Waals surface area contributed by atoms with Gasteiger partial charge in [-0.1, -0.05) is 0 Å². The Morgan fingerprint density at radius 3 is 2.70 bits per heavy atom. The van der Waals surface area contributed by atoms with Crippen molar-refractivity contribution < 1.29 is 18.7 Å². The predicted octanol–water partition coefficient (Wildman–Crippen LogP) is 1.23. The molecule has 0 aliphatic heterocycles. The summed E-state index contributed by atoms with van der Waals surface area (Å²) in [6.07, 6.45) is 5.48. The highest BCUT2D eigenvalue weighted by Crippen LogP contribution is 2.28. The minimum Gasteiger partial charge on any atom is -0.466 e. The fraction of sp³-hybridized carbons (Fsp3) is 0.154. The van der Waals surface area contributed by atoms with Crippen LogP contribution in [-0.2, 0) is 12.1 Å². The molecule has 0 amide bonds. The number of Topliss-reactive ketones (excluding diaryl/α,β-unsaturated/α-hetero) is 1. The van der Waals surface area contributed by atoms with Crippen molar-refractivity contribution in [2.45, 2.75) is 12.1 Å². The third-order valence-electron chi connectivity index (χ3n) is 2.91. The lowest BCUT2D eigenvalue weighted by Crippen LogP contribution is -2.40. The van der Waals surface area contributed by atoms with Gasteiger partial charge in [0.1, 0.15) is 18.4 Å². The van der Waals surface area contributed by atoms with Gasteiger partial charge in [0, 0.05) is 0 Å². The Hall–Kier alpha value is -2.67. The van der Waals surface area contributed by atoms with Gasteiger partial charge in [0.05, 0.1) is 19.1 Å². The molecule has 0 aliphatic carbocycles. The number of rotatable bonds is 5. The Morgan fingerprint density at radius 2 is 2.10 bits per heavy atom. The van der Waals surface area contributed by atoms with Gasteiger partial charge >= 0.3 is 0 Å².